The van der Waals surface area contributed by atoms with Gasteiger partial charge in [0.1, 0.15) is 11.9 Å². The molecule has 1 aliphatic heterocycles. The van der Waals surface area contributed by atoms with Gasteiger partial charge in [0.05, 0.1) is 0 Å². The zero-order valence-corrected chi connectivity index (χ0v) is 15.3. The Morgan fingerprint density at radius 2 is 1.92 bits per heavy atom. The second kappa shape index (κ2) is 10.2. The highest BCUT2D eigenvalue weighted by atomic mass is 35.5. The summed E-state index contributed by atoms with van der Waals surface area (Å²) in [6.45, 7) is 5.98. The third-order valence-corrected chi connectivity index (χ3v) is 3.99. The average molecular weight is 370 g/mol. The van der Waals surface area contributed by atoms with Gasteiger partial charge in [-0.05, 0) is 43.1 Å². The van der Waals surface area contributed by atoms with E-state index in [-0.39, 0.29) is 30.1 Å². The molecule has 1 atom stereocenters. The molecule has 0 fully saturated rings. The highest BCUT2D eigenvalue weighted by molar-refractivity contribution is 5.97. The van der Waals surface area contributed by atoms with Crippen molar-refractivity contribution in [3.05, 3.63) is 47.3 Å². The van der Waals surface area contributed by atoms with Gasteiger partial charge in [-0.15, -0.1) is 12.4 Å². The molecule has 0 saturated carbocycles. The quantitative estimate of drug-likeness (QED) is 0.672. The maximum Gasteiger partial charge on any atom is 0.251 e. The molecule has 2 rings (SSSR count). The van der Waals surface area contributed by atoms with E-state index in [0.29, 0.717) is 12.1 Å². The van der Waals surface area contributed by atoms with E-state index in [1.54, 1.807) is 0 Å². The first kappa shape index (κ1) is 21.1. The minimum Gasteiger partial charge on any atom is -0.351 e. The van der Waals surface area contributed by atoms with Gasteiger partial charge in [0.2, 0.25) is 5.91 Å². The third-order valence-electron chi connectivity index (χ3n) is 3.99. The second-order valence-electron chi connectivity index (χ2n) is 6.24. The number of nitrogens with one attached hydrogen (secondary N) is 3. The largest absolute Gasteiger partial charge is 0.351 e. The van der Waals surface area contributed by atoms with Crippen LogP contribution in [0, 0.1) is 11.7 Å². The van der Waals surface area contributed by atoms with Crippen molar-refractivity contribution >= 4 is 24.2 Å². The monoisotopic (exact) mass is 369 g/mol. The van der Waals surface area contributed by atoms with Crippen LogP contribution in [0.4, 0.5) is 4.39 Å². The zero-order valence-electron chi connectivity index (χ0n) is 14.5. The Morgan fingerprint density at radius 3 is 2.48 bits per heavy atom. The Hall–Kier alpha value is -1.92. The lowest BCUT2D eigenvalue weighted by Gasteiger charge is -2.23. The maximum atomic E-state index is 12.9. The molecule has 5 nitrogen and oxygen atoms in total. The lowest BCUT2D eigenvalue weighted by molar-refractivity contribution is -0.123. The molecule has 1 heterocycles. The van der Waals surface area contributed by atoms with Crippen LogP contribution in [0.3, 0.4) is 0 Å². The molecule has 0 aromatic heterocycles. The molecular formula is C18H25ClFN3O2. The Labute approximate surface area is 153 Å². The molecule has 0 spiro atoms. The summed E-state index contributed by atoms with van der Waals surface area (Å²) in [6, 6.07) is 4.62. The number of hydrogen-bond donors (Lipinski definition) is 3. The minimum atomic E-state index is -0.634. The summed E-state index contributed by atoms with van der Waals surface area (Å²) >= 11 is 0. The van der Waals surface area contributed by atoms with Gasteiger partial charge in [-0.2, -0.15) is 0 Å². The number of halogens is 2. The van der Waals surface area contributed by atoms with Crippen LogP contribution in [-0.2, 0) is 4.79 Å². The SMILES string of the molecule is CC(C)C(NC(=O)c1ccc(F)cc1)C(=O)NCC1=CCNCC1.Cl. The van der Waals surface area contributed by atoms with Crippen LogP contribution in [0.2, 0.25) is 0 Å². The van der Waals surface area contributed by atoms with Gasteiger partial charge >= 0.3 is 0 Å². The molecule has 0 bridgehead atoms. The van der Waals surface area contributed by atoms with E-state index in [4.69, 9.17) is 0 Å². The molecule has 7 heteroatoms. The summed E-state index contributed by atoms with van der Waals surface area (Å²) in [6.07, 6.45) is 2.99. The fourth-order valence-corrected chi connectivity index (χ4v) is 2.50. The average Bonchev–Trinajstić information content (AvgIpc) is 2.58. The summed E-state index contributed by atoms with van der Waals surface area (Å²) in [5.74, 6) is -1.05. The first-order valence-electron chi connectivity index (χ1n) is 8.20. The van der Waals surface area contributed by atoms with Gasteiger partial charge in [0.25, 0.3) is 5.91 Å². The number of hydrogen-bond acceptors (Lipinski definition) is 3. The number of rotatable bonds is 6. The molecule has 0 saturated heterocycles. The van der Waals surface area contributed by atoms with Crippen LogP contribution in [0.5, 0.6) is 0 Å². The Morgan fingerprint density at radius 1 is 1.24 bits per heavy atom. The van der Waals surface area contributed by atoms with Gasteiger partial charge in [-0.1, -0.05) is 25.5 Å². The van der Waals surface area contributed by atoms with Crippen LogP contribution in [0.1, 0.15) is 30.6 Å². The first-order chi connectivity index (χ1) is 11.5. The Kier molecular flexibility index (Phi) is 8.58. The van der Waals surface area contributed by atoms with Gasteiger partial charge in [-0.3, -0.25) is 9.59 Å². The van der Waals surface area contributed by atoms with E-state index in [1.165, 1.54) is 29.8 Å². The highest BCUT2D eigenvalue weighted by Crippen LogP contribution is 2.08. The molecule has 0 aliphatic carbocycles. The summed E-state index contributed by atoms with van der Waals surface area (Å²) < 4.78 is 12.9. The zero-order chi connectivity index (χ0) is 17.5. The normalized spacial score (nSPS) is 15.0. The molecule has 1 aromatic carbocycles. The van der Waals surface area contributed by atoms with Crippen LogP contribution >= 0.6 is 12.4 Å². The van der Waals surface area contributed by atoms with E-state index in [0.717, 1.165) is 19.5 Å². The maximum absolute atomic E-state index is 12.9. The minimum absolute atomic E-state index is 0. The van der Waals surface area contributed by atoms with E-state index in [2.05, 4.69) is 22.0 Å². The van der Waals surface area contributed by atoms with Gasteiger partial charge < -0.3 is 16.0 Å². The number of benzene rings is 1. The summed E-state index contributed by atoms with van der Waals surface area (Å²) in [5, 5.41) is 8.84. The van der Waals surface area contributed by atoms with Crippen molar-refractivity contribution < 1.29 is 14.0 Å². The predicted molar refractivity (Wildman–Crippen MR) is 98.3 cm³/mol. The molecule has 0 radical (unpaired) electrons. The van der Waals surface area contributed by atoms with E-state index >= 15 is 0 Å². The number of amides is 2. The fraction of sp³-hybridized carbons (Fsp3) is 0.444. The van der Waals surface area contributed by atoms with Crippen molar-refractivity contribution in [2.75, 3.05) is 19.6 Å². The molecule has 138 valence electrons. The molecule has 2 amide bonds. The predicted octanol–water partition coefficient (Wildman–Crippen LogP) is 2.04. The van der Waals surface area contributed by atoms with Crippen LogP contribution < -0.4 is 16.0 Å². The topological polar surface area (TPSA) is 70.2 Å². The van der Waals surface area contributed by atoms with Crippen molar-refractivity contribution in [2.45, 2.75) is 26.3 Å². The van der Waals surface area contributed by atoms with Crippen molar-refractivity contribution in [2.24, 2.45) is 5.92 Å². The van der Waals surface area contributed by atoms with Gasteiger partial charge in [-0.25, -0.2) is 4.39 Å². The highest BCUT2D eigenvalue weighted by Gasteiger charge is 2.24. The molecule has 1 unspecified atom stereocenters. The van der Waals surface area contributed by atoms with Crippen LogP contribution in [-0.4, -0.2) is 37.5 Å². The van der Waals surface area contributed by atoms with Crippen molar-refractivity contribution in [3.63, 3.8) is 0 Å². The number of carbonyl (C=O) groups excluding carboxylic acids is 2. The van der Waals surface area contributed by atoms with Crippen LogP contribution in [0.25, 0.3) is 0 Å². The smallest absolute Gasteiger partial charge is 0.251 e. The second-order valence-corrected chi connectivity index (χ2v) is 6.24. The Balaban J connectivity index is 0.00000312. The van der Waals surface area contributed by atoms with Crippen molar-refractivity contribution in [1.82, 2.24) is 16.0 Å². The molecule has 3 N–H and O–H groups in total. The summed E-state index contributed by atoms with van der Waals surface area (Å²) in [7, 11) is 0. The third kappa shape index (κ3) is 6.48. The Bertz CT molecular complexity index is 617. The molecule has 1 aromatic rings. The lowest BCUT2D eigenvalue weighted by atomic mass is 10.0. The van der Waals surface area contributed by atoms with Crippen LogP contribution in [0.15, 0.2) is 35.9 Å². The first-order valence-corrected chi connectivity index (χ1v) is 8.20. The molecular weight excluding hydrogens is 345 g/mol. The lowest BCUT2D eigenvalue weighted by Crippen LogP contribution is -2.50. The molecule has 25 heavy (non-hydrogen) atoms. The number of carbonyl (C=O) groups is 2. The molecule has 1 aliphatic rings. The van der Waals surface area contributed by atoms with Crippen molar-refractivity contribution in [1.29, 1.82) is 0 Å². The van der Waals surface area contributed by atoms with E-state index < -0.39 is 11.9 Å². The summed E-state index contributed by atoms with van der Waals surface area (Å²) in [4.78, 5) is 24.7. The van der Waals surface area contributed by atoms with Crippen molar-refractivity contribution in [3.8, 4) is 0 Å². The van der Waals surface area contributed by atoms with Gasteiger partial charge in [0, 0.05) is 18.7 Å². The van der Waals surface area contributed by atoms with E-state index in [9.17, 15) is 14.0 Å². The fourth-order valence-electron chi connectivity index (χ4n) is 2.50. The standard InChI is InChI=1S/C18H24FN3O2.ClH/c1-12(2)16(18(24)21-11-13-7-9-20-10-8-13)22-17(23)14-3-5-15(19)6-4-14;/h3-7,12,16,20H,8-11H2,1-2H3,(H,21,24)(H,22,23);1H. The van der Waals surface area contributed by atoms with Gasteiger partial charge in [0.15, 0.2) is 0 Å². The summed E-state index contributed by atoms with van der Waals surface area (Å²) in [5.41, 5.74) is 1.52. The van der Waals surface area contributed by atoms with E-state index in [1.807, 2.05) is 13.8 Å².